The molecule has 0 unspecified atom stereocenters. The molecular weight excluding hydrogens is 350 g/mol. The number of rotatable bonds is 5. The highest BCUT2D eigenvalue weighted by Gasteiger charge is 2.13. The number of aromatic amines is 1. The smallest absolute Gasteiger partial charge is 0.328 e. The van der Waals surface area contributed by atoms with Gasteiger partial charge in [0.2, 0.25) is 0 Å². The third kappa shape index (κ3) is 4.12. The summed E-state index contributed by atoms with van der Waals surface area (Å²) < 4.78 is 5.76. The molecular formula is C19H17N3O5. The van der Waals surface area contributed by atoms with Gasteiger partial charge in [0.15, 0.2) is 6.61 Å². The molecule has 0 saturated carbocycles. The summed E-state index contributed by atoms with van der Waals surface area (Å²) in [4.78, 5) is 48.2. The van der Waals surface area contributed by atoms with Gasteiger partial charge in [-0.3, -0.25) is 24.3 Å². The van der Waals surface area contributed by atoms with Crippen LogP contribution in [0.1, 0.15) is 5.56 Å². The van der Waals surface area contributed by atoms with Crippen LogP contribution in [0.4, 0.5) is 5.69 Å². The third-order valence-electron chi connectivity index (χ3n) is 3.95. The molecule has 0 saturated heterocycles. The Morgan fingerprint density at radius 2 is 1.70 bits per heavy atom. The third-order valence-corrected chi connectivity index (χ3v) is 3.95. The minimum absolute atomic E-state index is 0.200. The molecule has 0 spiro atoms. The number of nitrogens with zero attached hydrogens (tertiary/aromatic N) is 1. The molecule has 0 aliphatic carbocycles. The number of hydrogen-bond acceptors (Lipinski definition) is 5. The van der Waals surface area contributed by atoms with E-state index < -0.39 is 36.1 Å². The number of amides is 1. The zero-order valence-electron chi connectivity index (χ0n) is 14.5. The predicted molar refractivity (Wildman–Crippen MR) is 99.6 cm³/mol. The summed E-state index contributed by atoms with van der Waals surface area (Å²) in [5, 5.41) is 5.40. The van der Waals surface area contributed by atoms with Crippen molar-refractivity contribution in [1.29, 1.82) is 0 Å². The maximum Gasteiger partial charge on any atom is 0.328 e. The molecule has 0 aliphatic rings. The van der Waals surface area contributed by atoms with Crippen LogP contribution < -0.4 is 16.4 Å². The zero-order chi connectivity index (χ0) is 19.4. The number of para-hydroxylation sites is 1. The Kier molecular flexibility index (Phi) is 5.16. The molecule has 0 bridgehead atoms. The monoisotopic (exact) mass is 367 g/mol. The maximum absolute atomic E-state index is 12.3. The lowest BCUT2D eigenvalue weighted by Crippen LogP contribution is -2.33. The number of aryl methyl sites for hydroxylation is 1. The van der Waals surface area contributed by atoms with Gasteiger partial charge in [0.05, 0.1) is 10.8 Å². The van der Waals surface area contributed by atoms with Crippen LogP contribution in [-0.4, -0.2) is 28.3 Å². The summed E-state index contributed by atoms with van der Waals surface area (Å²) in [6.07, 6.45) is 0. The van der Waals surface area contributed by atoms with E-state index in [2.05, 4.69) is 10.4 Å². The second-order valence-electron chi connectivity index (χ2n) is 5.90. The van der Waals surface area contributed by atoms with Crippen molar-refractivity contribution < 1.29 is 14.3 Å². The minimum atomic E-state index is -0.817. The zero-order valence-corrected chi connectivity index (χ0v) is 14.5. The van der Waals surface area contributed by atoms with Gasteiger partial charge in [-0.15, -0.1) is 0 Å². The number of esters is 1. The second-order valence-corrected chi connectivity index (χ2v) is 5.90. The van der Waals surface area contributed by atoms with Gasteiger partial charge in [-0.2, -0.15) is 0 Å². The van der Waals surface area contributed by atoms with Gasteiger partial charge in [0.1, 0.15) is 6.54 Å². The van der Waals surface area contributed by atoms with E-state index in [9.17, 15) is 19.2 Å². The summed E-state index contributed by atoms with van der Waals surface area (Å²) in [6, 6.07) is 13.5. The topological polar surface area (TPSA) is 110 Å². The molecule has 3 aromatic rings. The van der Waals surface area contributed by atoms with Crippen molar-refractivity contribution in [2.75, 3.05) is 11.9 Å². The quantitative estimate of drug-likeness (QED) is 0.658. The largest absolute Gasteiger partial charge is 0.454 e. The van der Waals surface area contributed by atoms with Crippen molar-refractivity contribution in [1.82, 2.24) is 9.78 Å². The van der Waals surface area contributed by atoms with Crippen LogP contribution in [0.5, 0.6) is 0 Å². The van der Waals surface area contributed by atoms with E-state index in [1.54, 1.807) is 24.3 Å². The Morgan fingerprint density at radius 1 is 1.04 bits per heavy atom. The van der Waals surface area contributed by atoms with Crippen molar-refractivity contribution in [2.24, 2.45) is 0 Å². The summed E-state index contributed by atoms with van der Waals surface area (Å²) in [7, 11) is 0. The molecule has 2 N–H and O–H groups in total. The number of anilines is 1. The molecule has 0 fully saturated rings. The number of ether oxygens (including phenoxy) is 1. The van der Waals surface area contributed by atoms with Crippen molar-refractivity contribution in [2.45, 2.75) is 13.5 Å². The fourth-order valence-electron chi connectivity index (χ4n) is 2.58. The van der Waals surface area contributed by atoms with Crippen LogP contribution in [0.2, 0.25) is 0 Å². The van der Waals surface area contributed by atoms with E-state index in [1.807, 2.05) is 19.1 Å². The molecule has 138 valence electrons. The lowest BCUT2D eigenvalue weighted by Gasteiger charge is -2.09. The number of carbonyl (C=O) groups excluding carboxylic acids is 2. The summed E-state index contributed by atoms with van der Waals surface area (Å²) >= 11 is 0. The molecule has 1 amide bonds. The first-order valence-electron chi connectivity index (χ1n) is 8.18. The van der Waals surface area contributed by atoms with Gasteiger partial charge in [0.25, 0.3) is 17.0 Å². The number of benzene rings is 2. The number of aromatic nitrogens is 2. The van der Waals surface area contributed by atoms with Crippen LogP contribution in [0.3, 0.4) is 0 Å². The molecule has 0 radical (unpaired) electrons. The highest BCUT2D eigenvalue weighted by atomic mass is 16.5. The van der Waals surface area contributed by atoms with E-state index in [-0.39, 0.29) is 10.8 Å². The van der Waals surface area contributed by atoms with Crippen LogP contribution in [0, 0.1) is 6.92 Å². The Labute approximate surface area is 153 Å². The lowest BCUT2D eigenvalue weighted by molar-refractivity contribution is -0.148. The molecule has 1 heterocycles. The van der Waals surface area contributed by atoms with E-state index in [0.717, 1.165) is 10.2 Å². The highest BCUT2D eigenvalue weighted by Crippen LogP contribution is 2.12. The summed E-state index contributed by atoms with van der Waals surface area (Å²) in [6.45, 7) is 0.834. The Morgan fingerprint density at radius 3 is 2.44 bits per heavy atom. The molecule has 3 rings (SSSR count). The summed E-state index contributed by atoms with van der Waals surface area (Å²) in [5.41, 5.74) is 0.480. The molecule has 8 heteroatoms. The SMILES string of the molecule is Cc1ccccc1NC(=O)COC(=O)Cn1[nH]c(=O)c2ccccc2c1=O. The summed E-state index contributed by atoms with van der Waals surface area (Å²) in [5.74, 6) is -1.32. The van der Waals surface area contributed by atoms with Crippen molar-refractivity contribution in [3.05, 3.63) is 74.8 Å². The average Bonchev–Trinajstić information content (AvgIpc) is 2.66. The first-order chi connectivity index (χ1) is 13.0. The number of H-pyrrole nitrogens is 1. The van der Waals surface area contributed by atoms with Gasteiger partial charge in [-0.1, -0.05) is 30.3 Å². The minimum Gasteiger partial charge on any atom is -0.454 e. The number of nitrogens with one attached hydrogen (secondary N) is 2. The van der Waals surface area contributed by atoms with Gasteiger partial charge >= 0.3 is 5.97 Å². The Bertz CT molecular complexity index is 1130. The van der Waals surface area contributed by atoms with Crippen LogP contribution in [0.15, 0.2) is 58.1 Å². The van der Waals surface area contributed by atoms with E-state index in [1.165, 1.54) is 12.1 Å². The molecule has 27 heavy (non-hydrogen) atoms. The van der Waals surface area contributed by atoms with Crippen molar-refractivity contribution in [3.63, 3.8) is 0 Å². The van der Waals surface area contributed by atoms with Crippen molar-refractivity contribution >= 4 is 28.3 Å². The average molecular weight is 367 g/mol. The lowest BCUT2D eigenvalue weighted by atomic mass is 10.2. The van der Waals surface area contributed by atoms with Crippen LogP contribution >= 0.6 is 0 Å². The highest BCUT2D eigenvalue weighted by molar-refractivity contribution is 5.93. The normalized spacial score (nSPS) is 10.6. The predicted octanol–water partition coefficient (Wildman–Crippen LogP) is 1.18. The second kappa shape index (κ2) is 7.69. The number of hydrogen-bond donors (Lipinski definition) is 2. The Hall–Kier alpha value is -3.68. The Balaban J connectivity index is 1.65. The fourth-order valence-corrected chi connectivity index (χ4v) is 2.58. The molecule has 0 aliphatic heterocycles. The number of carbonyl (C=O) groups is 2. The standard InChI is InChI=1S/C19H17N3O5/c1-12-6-2-5-9-15(12)20-16(23)11-27-17(24)10-22-19(26)14-8-4-3-7-13(14)18(25)21-22/h2-9H,10-11H2,1H3,(H,20,23)(H,21,25). The van der Waals surface area contributed by atoms with E-state index in [0.29, 0.717) is 5.69 Å². The van der Waals surface area contributed by atoms with Crippen LogP contribution in [0.25, 0.3) is 10.8 Å². The van der Waals surface area contributed by atoms with Gasteiger partial charge < -0.3 is 10.1 Å². The molecule has 2 aromatic carbocycles. The molecule has 0 atom stereocenters. The first-order valence-corrected chi connectivity index (χ1v) is 8.18. The van der Waals surface area contributed by atoms with Crippen LogP contribution in [-0.2, 0) is 20.9 Å². The first kappa shape index (κ1) is 18.1. The van der Waals surface area contributed by atoms with Gasteiger partial charge in [0, 0.05) is 5.69 Å². The number of fused-ring (bicyclic) bond motifs is 1. The van der Waals surface area contributed by atoms with E-state index >= 15 is 0 Å². The van der Waals surface area contributed by atoms with E-state index in [4.69, 9.17) is 4.74 Å². The van der Waals surface area contributed by atoms with Gasteiger partial charge in [-0.25, -0.2) is 4.68 Å². The fraction of sp³-hybridized carbons (Fsp3) is 0.158. The maximum atomic E-state index is 12.3. The van der Waals surface area contributed by atoms with Crippen molar-refractivity contribution in [3.8, 4) is 0 Å². The molecule has 1 aromatic heterocycles. The molecule has 8 nitrogen and oxygen atoms in total. The van der Waals surface area contributed by atoms with Gasteiger partial charge in [-0.05, 0) is 30.7 Å².